The number of para-hydroxylation sites is 3. The number of piperidine rings is 1. The molecule has 32 heavy (non-hydrogen) atoms. The van der Waals surface area contributed by atoms with E-state index >= 15 is 0 Å². The summed E-state index contributed by atoms with van der Waals surface area (Å²) in [5.41, 5.74) is 1.38. The van der Waals surface area contributed by atoms with Crippen LogP contribution in [0.1, 0.15) is 12.8 Å². The Hall–Kier alpha value is -3.55. The molecule has 2 atom stereocenters. The molecule has 8 nitrogen and oxygen atoms in total. The van der Waals surface area contributed by atoms with Crippen LogP contribution in [0.2, 0.25) is 0 Å². The number of benzene rings is 2. The lowest BCUT2D eigenvalue weighted by molar-refractivity contribution is -0.136. The highest BCUT2D eigenvalue weighted by Gasteiger charge is 2.38. The number of likely N-dealkylation sites (tertiary alicyclic amines) is 1. The lowest BCUT2D eigenvalue weighted by Crippen LogP contribution is -2.54. The minimum atomic E-state index is -0.759. The fourth-order valence-corrected chi connectivity index (χ4v) is 4.17. The molecular formula is C24H28N4O4. The molecule has 0 aliphatic carbocycles. The largest absolute Gasteiger partial charge is 0.476 e. The number of likely N-dealkylation sites (N-methyl/N-ethyl adjacent to an activating group) is 1. The molecule has 2 aliphatic heterocycles. The fourth-order valence-electron chi connectivity index (χ4n) is 4.17. The molecule has 1 saturated heterocycles. The molecule has 0 radical (unpaired) electrons. The van der Waals surface area contributed by atoms with Gasteiger partial charge in [-0.25, -0.2) is 4.79 Å². The number of fused-ring (bicyclic) bond motifs is 1. The van der Waals surface area contributed by atoms with Crippen LogP contribution < -0.4 is 15.0 Å². The van der Waals surface area contributed by atoms with Crippen molar-refractivity contribution in [3.8, 4) is 5.75 Å². The number of hydrogen-bond acceptors (Lipinski definition) is 4. The Balaban J connectivity index is 1.50. The number of nitrogens with one attached hydrogen (secondary N) is 1. The van der Waals surface area contributed by atoms with Crippen molar-refractivity contribution in [3.05, 3.63) is 54.6 Å². The number of carbonyl (C=O) groups is 3. The molecular weight excluding hydrogens is 408 g/mol. The number of anilines is 2. The van der Waals surface area contributed by atoms with Crippen LogP contribution in [-0.2, 0) is 9.59 Å². The third kappa shape index (κ3) is 4.54. The second kappa shape index (κ2) is 9.30. The van der Waals surface area contributed by atoms with Crippen LogP contribution in [0.15, 0.2) is 54.6 Å². The number of amides is 4. The molecule has 0 spiro atoms. The number of ether oxygens (including phenoxy) is 1. The van der Waals surface area contributed by atoms with E-state index in [1.807, 2.05) is 48.5 Å². The topological polar surface area (TPSA) is 82.2 Å². The lowest BCUT2D eigenvalue weighted by atomic mass is 9.95. The quantitative estimate of drug-likeness (QED) is 0.802. The van der Waals surface area contributed by atoms with Crippen LogP contribution in [-0.4, -0.2) is 67.5 Å². The first-order chi connectivity index (χ1) is 15.4. The zero-order chi connectivity index (χ0) is 22.7. The third-order valence-electron chi connectivity index (χ3n) is 5.84. The summed E-state index contributed by atoms with van der Waals surface area (Å²) in [5, 5.41) is 2.89. The summed E-state index contributed by atoms with van der Waals surface area (Å²) in [7, 11) is 3.34. The predicted octanol–water partition coefficient (Wildman–Crippen LogP) is 2.81. The summed E-state index contributed by atoms with van der Waals surface area (Å²) in [6, 6.07) is 16.3. The normalized spacial score (nSPS) is 20.1. The van der Waals surface area contributed by atoms with Gasteiger partial charge in [-0.3, -0.25) is 9.59 Å². The maximum atomic E-state index is 13.6. The summed E-state index contributed by atoms with van der Waals surface area (Å²) in [4.78, 5) is 43.7. The van der Waals surface area contributed by atoms with Crippen LogP contribution in [0.3, 0.4) is 0 Å². The molecule has 1 fully saturated rings. The Morgan fingerprint density at radius 2 is 1.72 bits per heavy atom. The van der Waals surface area contributed by atoms with E-state index in [0.29, 0.717) is 30.9 Å². The van der Waals surface area contributed by atoms with Gasteiger partial charge in [0, 0.05) is 32.9 Å². The smallest absolute Gasteiger partial charge is 0.321 e. The molecule has 2 aromatic carbocycles. The van der Waals surface area contributed by atoms with Crippen molar-refractivity contribution < 1.29 is 19.1 Å². The molecule has 2 aliphatic rings. The van der Waals surface area contributed by atoms with Gasteiger partial charge in [0.15, 0.2) is 6.10 Å². The molecule has 168 valence electrons. The van der Waals surface area contributed by atoms with E-state index in [0.717, 1.165) is 12.1 Å². The highest BCUT2D eigenvalue weighted by atomic mass is 16.5. The molecule has 8 heteroatoms. The maximum absolute atomic E-state index is 13.6. The maximum Gasteiger partial charge on any atom is 0.321 e. The van der Waals surface area contributed by atoms with Gasteiger partial charge < -0.3 is 24.8 Å². The van der Waals surface area contributed by atoms with Crippen molar-refractivity contribution in [3.63, 3.8) is 0 Å². The molecule has 0 aromatic heterocycles. The van der Waals surface area contributed by atoms with E-state index < -0.39 is 6.10 Å². The molecule has 4 rings (SSSR count). The van der Waals surface area contributed by atoms with Crippen molar-refractivity contribution in [2.24, 2.45) is 5.92 Å². The first kappa shape index (κ1) is 21.7. The SMILES string of the molecule is CN(C)C(=O)[C@@H]1CN(C(=O)[C@@H]2CCCN(C(=O)Nc3ccccc3)C2)c2ccccc2O1. The Bertz CT molecular complexity index is 995. The third-order valence-corrected chi connectivity index (χ3v) is 5.84. The van der Waals surface area contributed by atoms with Crippen LogP contribution in [0.4, 0.5) is 16.2 Å². The molecule has 0 bridgehead atoms. The molecule has 2 aromatic rings. The minimum absolute atomic E-state index is 0.0884. The van der Waals surface area contributed by atoms with Crippen molar-refractivity contribution in [1.29, 1.82) is 0 Å². The Morgan fingerprint density at radius 1 is 1.00 bits per heavy atom. The van der Waals surface area contributed by atoms with Gasteiger partial charge in [-0.15, -0.1) is 0 Å². The highest BCUT2D eigenvalue weighted by Crippen LogP contribution is 2.35. The Labute approximate surface area is 187 Å². The summed E-state index contributed by atoms with van der Waals surface area (Å²) >= 11 is 0. The Morgan fingerprint density at radius 3 is 2.47 bits per heavy atom. The highest BCUT2D eigenvalue weighted by molar-refractivity contribution is 5.99. The van der Waals surface area contributed by atoms with Gasteiger partial charge in [0.25, 0.3) is 5.91 Å². The summed E-state index contributed by atoms with van der Waals surface area (Å²) in [5.74, 6) is -0.104. The number of rotatable bonds is 3. The molecule has 2 heterocycles. The molecule has 0 saturated carbocycles. The number of urea groups is 1. The second-order valence-electron chi connectivity index (χ2n) is 8.34. The average Bonchev–Trinajstić information content (AvgIpc) is 2.83. The monoisotopic (exact) mass is 436 g/mol. The predicted molar refractivity (Wildman–Crippen MR) is 122 cm³/mol. The zero-order valence-electron chi connectivity index (χ0n) is 18.4. The van der Waals surface area contributed by atoms with Gasteiger partial charge in [0.1, 0.15) is 5.75 Å². The van der Waals surface area contributed by atoms with Crippen molar-refractivity contribution >= 4 is 29.2 Å². The summed E-state index contributed by atoms with van der Waals surface area (Å²) in [6.45, 7) is 1.09. The van der Waals surface area contributed by atoms with E-state index in [9.17, 15) is 14.4 Å². The first-order valence-corrected chi connectivity index (χ1v) is 10.8. The number of nitrogens with zero attached hydrogens (tertiary/aromatic N) is 3. The van der Waals surface area contributed by atoms with E-state index in [2.05, 4.69) is 5.32 Å². The van der Waals surface area contributed by atoms with Gasteiger partial charge in [-0.2, -0.15) is 0 Å². The molecule has 4 amide bonds. The fraction of sp³-hybridized carbons (Fsp3) is 0.375. The first-order valence-electron chi connectivity index (χ1n) is 10.8. The van der Waals surface area contributed by atoms with E-state index in [4.69, 9.17) is 4.74 Å². The van der Waals surface area contributed by atoms with E-state index in [1.54, 1.807) is 30.0 Å². The zero-order valence-corrected chi connectivity index (χ0v) is 18.4. The number of hydrogen-bond donors (Lipinski definition) is 1. The average molecular weight is 437 g/mol. The standard InChI is InChI=1S/C24H28N4O4/c1-26(2)23(30)21-16-28(19-12-6-7-13-20(19)32-21)22(29)17-9-8-14-27(15-17)24(31)25-18-10-4-3-5-11-18/h3-7,10-13,17,21H,8-9,14-16H2,1-2H3,(H,25,31)/t17-,21+/m1/s1. The molecule has 0 unspecified atom stereocenters. The van der Waals surface area contributed by atoms with Gasteiger partial charge in [0.05, 0.1) is 18.2 Å². The second-order valence-corrected chi connectivity index (χ2v) is 8.34. The summed E-state index contributed by atoms with van der Waals surface area (Å²) < 4.78 is 5.89. The van der Waals surface area contributed by atoms with Crippen LogP contribution >= 0.6 is 0 Å². The number of carbonyl (C=O) groups excluding carboxylic acids is 3. The van der Waals surface area contributed by atoms with Crippen LogP contribution in [0.5, 0.6) is 5.75 Å². The molecule has 1 N–H and O–H groups in total. The van der Waals surface area contributed by atoms with Crippen LogP contribution in [0, 0.1) is 5.92 Å². The minimum Gasteiger partial charge on any atom is -0.476 e. The Kier molecular flexibility index (Phi) is 6.30. The van der Waals surface area contributed by atoms with Crippen LogP contribution in [0.25, 0.3) is 0 Å². The lowest BCUT2D eigenvalue weighted by Gasteiger charge is -2.39. The van der Waals surface area contributed by atoms with Crippen molar-refractivity contribution in [2.75, 3.05) is 43.9 Å². The van der Waals surface area contributed by atoms with Gasteiger partial charge in [-0.05, 0) is 37.1 Å². The van der Waals surface area contributed by atoms with Gasteiger partial charge >= 0.3 is 6.03 Å². The van der Waals surface area contributed by atoms with E-state index in [-0.39, 0.29) is 30.3 Å². The van der Waals surface area contributed by atoms with Crippen molar-refractivity contribution in [2.45, 2.75) is 18.9 Å². The van der Waals surface area contributed by atoms with Gasteiger partial charge in [0.2, 0.25) is 5.91 Å². The van der Waals surface area contributed by atoms with Gasteiger partial charge in [-0.1, -0.05) is 30.3 Å². The van der Waals surface area contributed by atoms with E-state index in [1.165, 1.54) is 4.90 Å². The van der Waals surface area contributed by atoms with Crippen molar-refractivity contribution in [1.82, 2.24) is 9.80 Å². The summed E-state index contributed by atoms with van der Waals surface area (Å²) in [6.07, 6.45) is 0.676.